The minimum atomic E-state index is -4.80. The Balaban J connectivity index is 1.83. The largest absolute Gasteiger partial charge is 0.573 e. The molecule has 4 rings (SSSR count). The second-order valence-corrected chi connectivity index (χ2v) is 6.58. The molecule has 0 unspecified atom stereocenters. The number of anilines is 3. The van der Waals surface area contributed by atoms with Crippen molar-refractivity contribution in [2.24, 2.45) is 0 Å². The van der Waals surface area contributed by atoms with Crippen LogP contribution in [0.4, 0.5) is 30.2 Å². The molecule has 0 saturated heterocycles. The average Bonchev–Trinajstić information content (AvgIpc) is 3.01. The molecule has 4 N–H and O–H groups in total. The van der Waals surface area contributed by atoms with Crippen molar-refractivity contribution in [3.05, 3.63) is 83.9 Å². The monoisotopic (exact) mass is 411 g/mol. The fraction of sp³-hybridized carbons (Fsp3) is 0.0455. The number of nitrogens with one attached hydrogen (secondary N) is 2. The van der Waals surface area contributed by atoms with Crippen molar-refractivity contribution in [3.8, 4) is 5.75 Å². The number of carbonyl (C=O) groups is 1. The van der Waals surface area contributed by atoms with Gasteiger partial charge < -0.3 is 21.1 Å². The Morgan fingerprint density at radius 1 is 0.967 bits per heavy atom. The molecule has 5 nitrogen and oxygen atoms in total. The van der Waals surface area contributed by atoms with Gasteiger partial charge in [0, 0.05) is 28.7 Å². The maximum atomic E-state index is 12.8. The molecule has 1 aliphatic rings. The number of rotatable bonds is 4. The van der Waals surface area contributed by atoms with Crippen LogP contribution in [-0.4, -0.2) is 12.3 Å². The van der Waals surface area contributed by atoms with E-state index in [1.165, 1.54) is 18.2 Å². The van der Waals surface area contributed by atoms with Crippen molar-refractivity contribution >= 4 is 34.2 Å². The Kier molecular flexibility index (Phi) is 4.83. The number of alkyl halides is 3. The summed E-state index contributed by atoms with van der Waals surface area (Å²) >= 11 is 0. The van der Waals surface area contributed by atoms with E-state index in [1.54, 1.807) is 48.5 Å². The number of amides is 1. The first-order valence-corrected chi connectivity index (χ1v) is 8.94. The van der Waals surface area contributed by atoms with Crippen LogP contribution in [0.25, 0.3) is 11.3 Å². The summed E-state index contributed by atoms with van der Waals surface area (Å²) in [5.41, 5.74) is 9.37. The fourth-order valence-corrected chi connectivity index (χ4v) is 3.23. The molecule has 0 spiro atoms. The summed E-state index contributed by atoms with van der Waals surface area (Å²) < 4.78 is 41.7. The van der Waals surface area contributed by atoms with Gasteiger partial charge in [-0.1, -0.05) is 36.4 Å². The lowest BCUT2D eigenvalue weighted by atomic mass is 9.99. The molecule has 1 amide bonds. The van der Waals surface area contributed by atoms with E-state index in [0.717, 1.165) is 0 Å². The van der Waals surface area contributed by atoms with Crippen molar-refractivity contribution in [2.45, 2.75) is 6.36 Å². The first kappa shape index (κ1) is 19.4. The number of halogens is 3. The van der Waals surface area contributed by atoms with Gasteiger partial charge in [-0.05, 0) is 35.9 Å². The standard InChI is InChI=1S/C22H16F3N3O2/c23-22(24,25)30-16-8-4-7-15(12-16)27-20(13-5-2-1-3-6-13)19-17-11-14(26)9-10-18(17)28-21(19)29/h1-12,27H,26H2,(H,28,29)/b20-19-. The highest BCUT2D eigenvalue weighted by Gasteiger charge is 2.31. The van der Waals surface area contributed by atoms with Crippen molar-refractivity contribution in [1.29, 1.82) is 0 Å². The molecular formula is C22H16F3N3O2. The Morgan fingerprint density at radius 2 is 1.73 bits per heavy atom. The van der Waals surface area contributed by atoms with E-state index in [2.05, 4.69) is 15.4 Å². The number of fused-ring (bicyclic) bond motifs is 1. The van der Waals surface area contributed by atoms with Crippen molar-refractivity contribution in [1.82, 2.24) is 0 Å². The molecule has 0 saturated carbocycles. The third-order valence-electron chi connectivity index (χ3n) is 4.44. The zero-order valence-corrected chi connectivity index (χ0v) is 15.5. The van der Waals surface area contributed by atoms with Gasteiger partial charge in [-0.25, -0.2) is 0 Å². The van der Waals surface area contributed by atoms with Crippen LogP contribution >= 0.6 is 0 Å². The van der Waals surface area contributed by atoms with Crippen molar-refractivity contribution in [3.63, 3.8) is 0 Å². The third-order valence-corrected chi connectivity index (χ3v) is 4.44. The van der Waals surface area contributed by atoms with Crippen LogP contribution in [0.15, 0.2) is 72.8 Å². The quantitative estimate of drug-likeness (QED) is 0.412. The number of benzene rings is 3. The maximum Gasteiger partial charge on any atom is 0.573 e. The second-order valence-electron chi connectivity index (χ2n) is 6.58. The molecule has 0 aliphatic carbocycles. The highest BCUT2D eigenvalue weighted by molar-refractivity contribution is 6.37. The average molecular weight is 411 g/mol. The molecule has 0 atom stereocenters. The summed E-state index contributed by atoms with van der Waals surface area (Å²) in [5.74, 6) is -0.713. The molecule has 1 aliphatic heterocycles. The Bertz CT molecular complexity index is 1140. The van der Waals surface area contributed by atoms with E-state index in [-0.39, 0.29) is 11.7 Å². The van der Waals surface area contributed by atoms with E-state index in [9.17, 15) is 18.0 Å². The van der Waals surface area contributed by atoms with Crippen LogP contribution in [0.2, 0.25) is 0 Å². The van der Waals surface area contributed by atoms with Crippen molar-refractivity contribution < 1.29 is 22.7 Å². The topological polar surface area (TPSA) is 76.4 Å². The maximum absolute atomic E-state index is 12.8. The molecule has 0 aromatic heterocycles. The number of nitrogen functional groups attached to an aromatic ring is 1. The van der Waals surface area contributed by atoms with E-state index in [0.29, 0.717) is 39.5 Å². The first-order valence-electron chi connectivity index (χ1n) is 8.94. The zero-order chi connectivity index (χ0) is 21.3. The lowest BCUT2D eigenvalue weighted by molar-refractivity contribution is -0.274. The molecule has 3 aromatic carbocycles. The summed E-state index contributed by atoms with van der Waals surface area (Å²) in [5, 5.41) is 5.87. The molecule has 0 radical (unpaired) electrons. The normalized spacial score (nSPS) is 14.7. The fourth-order valence-electron chi connectivity index (χ4n) is 3.23. The highest BCUT2D eigenvalue weighted by Crippen LogP contribution is 2.38. The Hall–Kier alpha value is -3.94. The smallest absolute Gasteiger partial charge is 0.406 e. The van der Waals surface area contributed by atoms with Gasteiger partial charge in [0.05, 0.1) is 11.3 Å². The van der Waals surface area contributed by atoms with Crippen LogP contribution in [0.1, 0.15) is 11.1 Å². The van der Waals surface area contributed by atoms with Gasteiger partial charge in [-0.15, -0.1) is 13.2 Å². The molecule has 30 heavy (non-hydrogen) atoms. The number of hydrogen-bond donors (Lipinski definition) is 3. The van der Waals surface area contributed by atoms with Gasteiger partial charge in [0.25, 0.3) is 5.91 Å². The van der Waals surface area contributed by atoms with Crippen LogP contribution in [0, 0.1) is 0 Å². The minimum absolute atomic E-state index is 0.327. The number of hydrogen-bond acceptors (Lipinski definition) is 4. The first-order chi connectivity index (χ1) is 14.3. The molecule has 152 valence electrons. The van der Waals surface area contributed by atoms with Gasteiger partial charge in [-0.2, -0.15) is 0 Å². The number of ether oxygens (including phenoxy) is 1. The van der Waals surface area contributed by atoms with Gasteiger partial charge in [0.2, 0.25) is 0 Å². The Labute approximate surface area is 170 Å². The van der Waals surface area contributed by atoms with E-state index < -0.39 is 6.36 Å². The lowest BCUT2D eigenvalue weighted by Crippen LogP contribution is -2.17. The van der Waals surface area contributed by atoms with Gasteiger partial charge in [0.1, 0.15) is 5.75 Å². The SMILES string of the molecule is Nc1ccc2c(c1)/C(=C(/Nc1cccc(OC(F)(F)F)c1)c1ccccc1)C(=O)N2. The van der Waals surface area contributed by atoms with E-state index in [1.807, 2.05) is 6.07 Å². The van der Waals surface area contributed by atoms with E-state index in [4.69, 9.17) is 5.73 Å². The highest BCUT2D eigenvalue weighted by atomic mass is 19.4. The number of nitrogens with two attached hydrogens (primary N) is 1. The predicted octanol–water partition coefficient (Wildman–Crippen LogP) is 5.10. The zero-order valence-electron chi connectivity index (χ0n) is 15.5. The molecule has 8 heteroatoms. The summed E-state index contributed by atoms with van der Waals surface area (Å²) in [6.45, 7) is 0. The van der Waals surface area contributed by atoms with Crippen molar-refractivity contribution in [2.75, 3.05) is 16.4 Å². The number of carbonyl (C=O) groups excluding carboxylic acids is 1. The molecule has 0 bridgehead atoms. The minimum Gasteiger partial charge on any atom is -0.406 e. The molecular weight excluding hydrogens is 395 g/mol. The summed E-state index contributed by atoms with van der Waals surface area (Å²) in [6, 6.07) is 19.5. The molecule has 0 fully saturated rings. The van der Waals surface area contributed by atoms with Crippen LogP contribution in [0.5, 0.6) is 5.75 Å². The van der Waals surface area contributed by atoms with Gasteiger partial charge in [-0.3, -0.25) is 4.79 Å². The van der Waals surface area contributed by atoms with Gasteiger partial charge in [0.15, 0.2) is 0 Å². The lowest BCUT2D eigenvalue weighted by Gasteiger charge is -2.16. The second kappa shape index (κ2) is 7.47. The summed E-state index contributed by atoms with van der Waals surface area (Å²) in [4.78, 5) is 12.8. The third kappa shape index (κ3) is 4.07. The van der Waals surface area contributed by atoms with E-state index >= 15 is 0 Å². The van der Waals surface area contributed by atoms with Crippen LogP contribution in [0.3, 0.4) is 0 Å². The van der Waals surface area contributed by atoms with Crippen LogP contribution in [-0.2, 0) is 4.79 Å². The summed E-state index contributed by atoms with van der Waals surface area (Å²) in [6.07, 6.45) is -4.80. The molecule has 1 heterocycles. The predicted molar refractivity (Wildman–Crippen MR) is 109 cm³/mol. The van der Waals surface area contributed by atoms with Crippen LogP contribution < -0.4 is 21.1 Å². The van der Waals surface area contributed by atoms with Gasteiger partial charge >= 0.3 is 6.36 Å². The Morgan fingerprint density at radius 3 is 2.47 bits per heavy atom. The molecule has 3 aromatic rings. The summed E-state index contributed by atoms with van der Waals surface area (Å²) in [7, 11) is 0.